The van der Waals surface area contributed by atoms with E-state index < -0.39 is 5.97 Å². The van der Waals surface area contributed by atoms with E-state index in [1.165, 1.54) is 19.3 Å². The van der Waals surface area contributed by atoms with Crippen molar-refractivity contribution < 1.29 is 19.4 Å². The highest BCUT2D eigenvalue weighted by atomic mass is 16.5. The minimum atomic E-state index is -0.734. The summed E-state index contributed by atoms with van der Waals surface area (Å²) < 4.78 is 5.71. The Hall–Kier alpha value is -1.84. The molecule has 0 aromatic rings. The van der Waals surface area contributed by atoms with Gasteiger partial charge in [0.15, 0.2) is 0 Å². The second kappa shape index (κ2) is 21.9. The molecule has 0 bridgehead atoms. The fourth-order valence-electron chi connectivity index (χ4n) is 3.11. The maximum Gasteiger partial charge on any atom is 0.306 e. The van der Waals surface area contributed by atoms with E-state index in [9.17, 15) is 9.59 Å². The van der Waals surface area contributed by atoms with Crippen LogP contribution in [0.2, 0.25) is 0 Å². The maximum atomic E-state index is 12.2. The normalized spacial score (nSPS) is 12.9. The molecule has 0 aromatic heterocycles. The lowest BCUT2D eigenvalue weighted by Crippen LogP contribution is -2.16. The first-order valence-electron chi connectivity index (χ1n) is 12.0. The van der Waals surface area contributed by atoms with E-state index in [0.717, 1.165) is 57.8 Å². The van der Waals surface area contributed by atoms with Gasteiger partial charge >= 0.3 is 11.9 Å². The van der Waals surface area contributed by atoms with E-state index in [4.69, 9.17) is 9.84 Å². The molecule has 0 heterocycles. The molecule has 1 atom stereocenters. The number of unbranched alkanes of at least 4 members (excludes halogenated alkanes) is 7. The van der Waals surface area contributed by atoms with Crippen LogP contribution in [0.5, 0.6) is 0 Å². The standard InChI is InChI=1S/C26H44O4/c1-3-5-7-9-10-11-13-16-20-24(21-17-14-15-18-22-25(27)28)30-26(29)23-19-12-8-6-4-2/h5,7,10-11,16,20,24H,3-4,6,8-9,12-15,17-19,21-23H2,1-2H3,(H,27,28)/b7-5-,11-10-,20-16-. The number of esters is 1. The van der Waals surface area contributed by atoms with Crippen LogP contribution in [0.1, 0.15) is 110 Å². The van der Waals surface area contributed by atoms with Crippen molar-refractivity contribution in [3.8, 4) is 0 Å². The number of carbonyl (C=O) groups is 2. The molecule has 0 saturated carbocycles. The van der Waals surface area contributed by atoms with Gasteiger partial charge in [-0.25, -0.2) is 0 Å². The SMILES string of the molecule is CC/C=C\C/C=C\C/C=C\C(CCCCCCC(=O)O)OC(=O)CCCCCCC. The van der Waals surface area contributed by atoms with Crippen LogP contribution in [0.25, 0.3) is 0 Å². The Labute approximate surface area is 184 Å². The molecule has 1 unspecified atom stereocenters. The maximum absolute atomic E-state index is 12.2. The molecular weight excluding hydrogens is 376 g/mol. The third kappa shape index (κ3) is 20.9. The summed E-state index contributed by atoms with van der Waals surface area (Å²) in [6, 6.07) is 0. The first-order chi connectivity index (χ1) is 14.6. The predicted octanol–water partition coefficient (Wildman–Crippen LogP) is 7.54. The lowest BCUT2D eigenvalue weighted by molar-refractivity contribution is -0.147. The number of hydrogen-bond acceptors (Lipinski definition) is 3. The van der Waals surface area contributed by atoms with Crippen LogP contribution in [0, 0.1) is 0 Å². The summed E-state index contributed by atoms with van der Waals surface area (Å²) in [5.41, 5.74) is 0. The van der Waals surface area contributed by atoms with Gasteiger partial charge in [-0.3, -0.25) is 9.59 Å². The average Bonchev–Trinajstić information content (AvgIpc) is 2.71. The van der Waals surface area contributed by atoms with Gasteiger partial charge in [0, 0.05) is 12.8 Å². The monoisotopic (exact) mass is 420 g/mol. The second-order valence-corrected chi connectivity index (χ2v) is 7.79. The molecule has 0 aromatic carbocycles. The molecule has 172 valence electrons. The van der Waals surface area contributed by atoms with Crippen molar-refractivity contribution in [3.63, 3.8) is 0 Å². The van der Waals surface area contributed by atoms with Crippen LogP contribution in [0.15, 0.2) is 36.5 Å². The lowest BCUT2D eigenvalue weighted by atomic mass is 10.1. The molecule has 4 heteroatoms. The smallest absolute Gasteiger partial charge is 0.306 e. The lowest BCUT2D eigenvalue weighted by Gasteiger charge is -2.14. The average molecular weight is 421 g/mol. The minimum absolute atomic E-state index is 0.104. The van der Waals surface area contributed by atoms with Crippen LogP contribution < -0.4 is 0 Å². The Morgan fingerprint density at radius 1 is 0.767 bits per heavy atom. The summed E-state index contributed by atoms with van der Waals surface area (Å²) >= 11 is 0. The summed E-state index contributed by atoms with van der Waals surface area (Å²) in [7, 11) is 0. The fraction of sp³-hybridized carbons (Fsp3) is 0.692. The van der Waals surface area contributed by atoms with Crippen LogP contribution >= 0.6 is 0 Å². The molecular formula is C26H44O4. The molecule has 0 aliphatic rings. The number of hydrogen-bond donors (Lipinski definition) is 1. The molecule has 0 rings (SSSR count). The fourth-order valence-corrected chi connectivity index (χ4v) is 3.11. The summed E-state index contributed by atoms with van der Waals surface area (Å²) in [4.78, 5) is 22.8. The largest absolute Gasteiger partial charge is 0.481 e. The molecule has 0 fully saturated rings. The molecule has 0 amide bonds. The number of carboxylic acid groups (broad SMARTS) is 1. The Kier molecular flexibility index (Phi) is 20.5. The zero-order valence-corrected chi connectivity index (χ0v) is 19.3. The van der Waals surface area contributed by atoms with Crippen molar-refractivity contribution in [2.45, 2.75) is 116 Å². The molecule has 4 nitrogen and oxygen atoms in total. The third-order valence-electron chi connectivity index (χ3n) is 4.86. The number of carboxylic acids is 1. The van der Waals surface area contributed by atoms with Crippen LogP contribution in [-0.2, 0) is 14.3 Å². The van der Waals surface area contributed by atoms with Crippen LogP contribution in [-0.4, -0.2) is 23.1 Å². The van der Waals surface area contributed by atoms with Gasteiger partial charge in [-0.2, -0.15) is 0 Å². The first-order valence-corrected chi connectivity index (χ1v) is 12.0. The van der Waals surface area contributed by atoms with Gasteiger partial charge < -0.3 is 9.84 Å². The van der Waals surface area contributed by atoms with Crippen molar-refractivity contribution in [3.05, 3.63) is 36.5 Å². The van der Waals surface area contributed by atoms with Crippen molar-refractivity contribution in [2.24, 2.45) is 0 Å². The van der Waals surface area contributed by atoms with Crippen LogP contribution in [0.3, 0.4) is 0 Å². The van der Waals surface area contributed by atoms with Crippen molar-refractivity contribution in [1.82, 2.24) is 0 Å². The molecule has 0 aliphatic heterocycles. The van der Waals surface area contributed by atoms with Crippen molar-refractivity contribution >= 4 is 11.9 Å². The number of carbonyl (C=O) groups excluding carboxylic acids is 1. The van der Waals surface area contributed by atoms with E-state index >= 15 is 0 Å². The van der Waals surface area contributed by atoms with E-state index in [0.29, 0.717) is 12.8 Å². The molecule has 0 aliphatic carbocycles. The van der Waals surface area contributed by atoms with Crippen molar-refractivity contribution in [1.29, 1.82) is 0 Å². The van der Waals surface area contributed by atoms with E-state index in [1.807, 2.05) is 6.08 Å². The van der Waals surface area contributed by atoms with E-state index in [-0.39, 0.29) is 18.5 Å². The molecule has 0 radical (unpaired) electrons. The van der Waals surface area contributed by atoms with Gasteiger partial charge in [-0.05, 0) is 51.0 Å². The van der Waals surface area contributed by atoms with E-state index in [1.54, 1.807) is 0 Å². The molecule has 0 saturated heterocycles. The van der Waals surface area contributed by atoms with Gasteiger partial charge in [-0.1, -0.05) is 82.8 Å². The van der Waals surface area contributed by atoms with Crippen molar-refractivity contribution in [2.75, 3.05) is 0 Å². The van der Waals surface area contributed by atoms with Crippen LogP contribution in [0.4, 0.5) is 0 Å². The van der Waals surface area contributed by atoms with Gasteiger partial charge in [-0.15, -0.1) is 0 Å². The molecule has 1 N–H and O–H groups in total. The Morgan fingerprint density at radius 3 is 2.03 bits per heavy atom. The minimum Gasteiger partial charge on any atom is -0.481 e. The quantitative estimate of drug-likeness (QED) is 0.125. The second-order valence-electron chi connectivity index (χ2n) is 7.79. The van der Waals surface area contributed by atoms with Gasteiger partial charge in [0.25, 0.3) is 0 Å². The highest BCUT2D eigenvalue weighted by molar-refractivity contribution is 5.69. The summed E-state index contributed by atoms with van der Waals surface area (Å²) in [6.07, 6.45) is 26.0. The Bertz CT molecular complexity index is 505. The van der Waals surface area contributed by atoms with Gasteiger partial charge in [0.05, 0.1) is 0 Å². The highest BCUT2D eigenvalue weighted by Crippen LogP contribution is 2.13. The van der Waals surface area contributed by atoms with Gasteiger partial charge in [0.1, 0.15) is 6.10 Å². The highest BCUT2D eigenvalue weighted by Gasteiger charge is 2.11. The Balaban J connectivity index is 4.31. The zero-order chi connectivity index (χ0) is 22.3. The predicted molar refractivity (Wildman–Crippen MR) is 126 cm³/mol. The van der Waals surface area contributed by atoms with Gasteiger partial charge in [0.2, 0.25) is 0 Å². The molecule has 30 heavy (non-hydrogen) atoms. The summed E-state index contributed by atoms with van der Waals surface area (Å²) in [5.74, 6) is -0.839. The summed E-state index contributed by atoms with van der Waals surface area (Å²) in [6.45, 7) is 4.31. The number of ether oxygens (including phenoxy) is 1. The summed E-state index contributed by atoms with van der Waals surface area (Å²) in [5, 5.41) is 8.70. The molecule has 0 spiro atoms. The number of allylic oxidation sites excluding steroid dienone is 5. The third-order valence-corrected chi connectivity index (χ3v) is 4.86. The topological polar surface area (TPSA) is 63.6 Å². The number of rotatable bonds is 20. The Morgan fingerprint density at radius 2 is 1.37 bits per heavy atom. The number of aliphatic carboxylic acids is 1. The first kappa shape index (κ1) is 28.2. The zero-order valence-electron chi connectivity index (χ0n) is 19.3. The van der Waals surface area contributed by atoms with E-state index in [2.05, 4.69) is 44.2 Å².